The molecule has 3 rings (SSSR count). The summed E-state index contributed by atoms with van der Waals surface area (Å²) in [4.78, 5) is 42.4. The van der Waals surface area contributed by atoms with Crippen LogP contribution in [0.2, 0.25) is 0 Å². The van der Waals surface area contributed by atoms with E-state index in [0.717, 1.165) is 11.3 Å². The van der Waals surface area contributed by atoms with Crippen molar-refractivity contribution in [1.29, 1.82) is 0 Å². The van der Waals surface area contributed by atoms with Crippen LogP contribution in [0, 0.1) is 5.92 Å². The summed E-state index contributed by atoms with van der Waals surface area (Å²) in [7, 11) is 1.60. The number of rotatable bonds is 7. The van der Waals surface area contributed by atoms with Crippen LogP contribution in [0.5, 0.6) is 5.75 Å². The van der Waals surface area contributed by atoms with Crippen molar-refractivity contribution in [3.63, 3.8) is 0 Å². The Kier molecular flexibility index (Phi) is 8.20. The first kappa shape index (κ1) is 21.9. The molecule has 1 fully saturated rings. The van der Waals surface area contributed by atoms with Crippen molar-refractivity contribution in [3.8, 4) is 5.75 Å². The lowest BCUT2D eigenvalue weighted by Gasteiger charge is -2.28. The van der Waals surface area contributed by atoms with Crippen LogP contribution in [0.4, 0.5) is 0 Å². The van der Waals surface area contributed by atoms with Gasteiger partial charge in [-0.05, 0) is 13.0 Å². The number of para-hydroxylation sites is 1. The van der Waals surface area contributed by atoms with Crippen LogP contribution in [0.3, 0.4) is 0 Å². The van der Waals surface area contributed by atoms with Crippen LogP contribution in [0.1, 0.15) is 30.6 Å². The standard InChI is InChI=1S/C19H24N4O3.CH2O2/c1-3-23-17(24)10-15(18(23)14-6-4-5-7-16(14)26-2)19(25)21-9-8-13-11-20-12-22-13;2-1-3/h4-7,11-12,15,18H,3,8-10H2,1-2H3,(H,20,22)(H,21,25);1H,(H,2,3)/t15-,18+;/m1./s1. The smallest absolute Gasteiger partial charge is 0.290 e. The van der Waals surface area contributed by atoms with Crippen molar-refractivity contribution >= 4 is 18.3 Å². The Hall–Kier alpha value is -3.36. The van der Waals surface area contributed by atoms with Crippen molar-refractivity contribution in [2.45, 2.75) is 25.8 Å². The SMILES string of the molecule is CCN1C(=O)C[C@@H](C(=O)NCCc2cnc[nH]2)[C@@H]1c1ccccc1OC.O=CO. The summed E-state index contributed by atoms with van der Waals surface area (Å²) in [5.41, 5.74) is 1.83. The van der Waals surface area contributed by atoms with Gasteiger partial charge in [-0.15, -0.1) is 0 Å². The third kappa shape index (κ3) is 5.34. The number of imidazole rings is 1. The molecule has 3 N–H and O–H groups in total. The molecule has 0 saturated carbocycles. The van der Waals surface area contributed by atoms with E-state index < -0.39 is 5.92 Å². The summed E-state index contributed by atoms with van der Waals surface area (Å²) in [6.45, 7) is 2.73. The highest BCUT2D eigenvalue weighted by atomic mass is 16.5. The van der Waals surface area contributed by atoms with Gasteiger partial charge in [0.2, 0.25) is 11.8 Å². The molecule has 1 aromatic carbocycles. The third-order valence-corrected chi connectivity index (χ3v) is 4.82. The summed E-state index contributed by atoms with van der Waals surface area (Å²) in [6.07, 6.45) is 4.24. The molecule has 1 aromatic heterocycles. The fourth-order valence-corrected chi connectivity index (χ4v) is 3.57. The topological polar surface area (TPSA) is 125 Å². The molecular formula is C20H26N4O5. The zero-order valence-electron chi connectivity index (χ0n) is 16.5. The van der Waals surface area contributed by atoms with Gasteiger partial charge in [0.1, 0.15) is 5.75 Å². The zero-order valence-corrected chi connectivity index (χ0v) is 16.5. The largest absolute Gasteiger partial charge is 0.496 e. The minimum atomic E-state index is -0.430. The number of ether oxygens (including phenoxy) is 1. The van der Waals surface area contributed by atoms with Crippen molar-refractivity contribution in [2.24, 2.45) is 5.92 Å². The van der Waals surface area contributed by atoms with Crippen LogP contribution in [0.15, 0.2) is 36.8 Å². The quantitative estimate of drug-likeness (QED) is 0.601. The number of carboxylic acid groups (broad SMARTS) is 1. The first-order valence-electron chi connectivity index (χ1n) is 9.32. The molecule has 0 unspecified atom stereocenters. The van der Waals surface area contributed by atoms with Crippen LogP contribution in [-0.4, -0.2) is 58.5 Å². The highest BCUT2D eigenvalue weighted by Crippen LogP contribution is 2.41. The van der Waals surface area contributed by atoms with Crippen molar-refractivity contribution in [1.82, 2.24) is 20.2 Å². The second kappa shape index (κ2) is 10.8. The Bertz CT molecular complexity index is 809. The van der Waals surface area contributed by atoms with Crippen LogP contribution >= 0.6 is 0 Å². The number of hydrogen-bond donors (Lipinski definition) is 3. The number of likely N-dealkylation sites (tertiary alicyclic amines) is 1. The number of nitrogens with zero attached hydrogens (tertiary/aromatic N) is 2. The number of hydrogen-bond acceptors (Lipinski definition) is 5. The predicted octanol–water partition coefficient (Wildman–Crippen LogP) is 1.39. The Morgan fingerprint density at radius 3 is 2.79 bits per heavy atom. The second-order valence-electron chi connectivity index (χ2n) is 6.40. The van der Waals surface area contributed by atoms with Crippen LogP contribution in [-0.2, 0) is 20.8 Å². The molecule has 0 radical (unpaired) electrons. The average Bonchev–Trinajstić information content (AvgIpc) is 3.35. The van der Waals surface area contributed by atoms with Gasteiger partial charge in [0.05, 0.1) is 25.4 Å². The van der Waals surface area contributed by atoms with E-state index in [1.54, 1.807) is 24.5 Å². The van der Waals surface area contributed by atoms with Gasteiger partial charge < -0.3 is 25.0 Å². The van der Waals surface area contributed by atoms with E-state index in [4.69, 9.17) is 14.6 Å². The van der Waals surface area contributed by atoms with E-state index in [1.165, 1.54) is 0 Å². The monoisotopic (exact) mass is 402 g/mol. The minimum Gasteiger partial charge on any atom is -0.496 e. The van der Waals surface area contributed by atoms with E-state index in [9.17, 15) is 9.59 Å². The van der Waals surface area contributed by atoms with Gasteiger partial charge in [0, 0.05) is 43.4 Å². The zero-order chi connectivity index (χ0) is 21.2. The molecule has 0 bridgehead atoms. The lowest BCUT2D eigenvalue weighted by Crippen LogP contribution is -2.36. The molecule has 1 saturated heterocycles. The van der Waals surface area contributed by atoms with Crippen molar-refractivity contribution in [3.05, 3.63) is 48.0 Å². The number of benzene rings is 1. The van der Waals surface area contributed by atoms with E-state index in [-0.39, 0.29) is 30.7 Å². The Balaban J connectivity index is 0.000000941. The molecule has 29 heavy (non-hydrogen) atoms. The summed E-state index contributed by atoms with van der Waals surface area (Å²) >= 11 is 0. The maximum atomic E-state index is 12.8. The fourth-order valence-electron chi connectivity index (χ4n) is 3.57. The number of nitrogens with one attached hydrogen (secondary N) is 2. The van der Waals surface area contributed by atoms with Gasteiger partial charge in [-0.1, -0.05) is 18.2 Å². The van der Waals surface area contributed by atoms with E-state index in [2.05, 4.69) is 15.3 Å². The highest BCUT2D eigenvalue weighted by molar-refractivity contribution is 5.90. The summed E-state index contributed by atoms with van der Waals surface area (Å²) < 4.78 is 5.46. The molecule has 156 valence electrons. The normalized spacial score (nSPS) is 18.0. The van der Waals surface area contributed by atoms with Gasteiger partial charge in [-0.25, -0.2) is 4.98 Å². The number of amides is 2. The Labute approximate surface area is 169 Å². The number of methoxy groups -OCH3 is 1. The molecule has 2 aromatic rings. The molecule has 1 aliphatic heterocycles. The lowest BCUT2D eigenvalue weighted by molar-refractivity contribution is -0.129. The van der Waals surface area contributed by atoms with Gasteiger partial charge in [-0.2, -0.15) is 0 Å². The maximum absolute atomic E-state index is 12.8. The molecule has 9 nitrogen and oxygen atoms in total. The van der Waals surface area contributed by atoms with Crippen molar-refractivity contribution < 1.29 is 24.2 Å². The van der Waals surface area contributed by atoms with Gasteiger partial charge >= 0.3 is 0 Å². The Morgan fingerprint density at radius 1 is 1.45 bits per heavy atom. The molecule has 2 atom stereocenters. The molecule has 9 heteroatoms. The Morgan fingerprint density at radius 2 is 2.17 bits per heavy atom. The van der Waals surface area contributed by atoms with Crippen LogP contribution < -0.4 is 10.1 Å². The van der Waals surface area contributed by atoms with Gasteiger partial charge in [0.25, 0.3) is 6.47 Å². The first-order valence-corrected chi connectivity index (χ1v) is 9.32. The predicted molar refractivity (Wildman–Crippen MR) is 105 cm³/mol. The number of carbonyl (C=O) groups excluding carboxylic acids is 2. The van der Waals surface area contributed by atoms with E-state index in [0.29, 0.717) is 25.3 Å². The average molecular weight is 402 g/mol. The first-order chi connectivity index (χ1) is 14.1. The minimum absolute atomic E-state index is 0.00266. The van der Waals surface area contributed by atoms with Crippen LogP contribution in [0.25, 0.3) is 0 Å². The number of aromatic nitrogens is 2. The van der Waals surface area contributed by atoms with Gasteiger partial charge in [-0.3, -0.25) is 14.4 Å². The number of carbonyl (C=O) groups is 3. The number of aromatic amines is 1. The van der Waals surface area contributed by atoms with E-state index in [1.807, 2.05) is 31.2 Å². The lowest BCUT2D eigenvalue weighted by atomic mass is 9.92. The highest BCUT2D eigenvalue weighted by Gasteiger charge is 2.44. The summed E-state index contributed by atoms with van der Waals surface area (Å²) in [5.74, 6) is 0.156. The summed E-state index contributed by atoms with van der Waals surface area (Å²) in [5, 5.41) is 9.85. The summed E-state index contributed by atoms with van der Waals surface area (Å²) in [6, 6.07) is 7.27. The molecule has 2 amide bonds. The maximum Gasteiger partial charge on any atom is 0.290 e. The number of H-pyrrole nitrogens is 1. The van der Waals surface area contributed by atoms with E-state index >= 15 is 0 Å². The third-order valence-electron chi connectivity index (χ3n) is 4.82. The molecule has 0 aliphatic carbocycles. The second-order valence-corrected chi connectivity index (χ2v) is 6.40. The van der Waals surface area contributed by atoms with Gasteiger partial charge in [0.15, 0.2) is 0 Å². The van der Waals surface area contributed by atoms with Crippen molar-refractivity contribution in [2.75, 3.05) is 20.2 Å². The molecule has 2 heterocycles. The molecule has 0 spiro atoms. The molecular weight excluding hydrogens is 376 g/mol. The molecule has 1 aliphatic rings. The fraction of sp³-hybridized carbons (Fsp3) is 0.400.